The number of ether oxygens (including phenoxy) is 1. The summed E-state index contributed by atoms with van der Waals surface area (Å²) in [6.45, 7) is 5.50. The number of rotatable bonds is 3. The lowest BCUT2D eigenvalue weighted by atomic mass is 10.1. The predicted octanol–water partition coefficient (Wildman–Crippen LogP) is -0.895. The van der Waals surface area contributed by atoms with E-state index in [0.717, 1.165) is 19.6 Å². The summed E-state index contributed by atoms with van der Waals surface area (Å²) in [5.74, 6) is -1.32. The average Bonchev–Trinajstić information content (AvgIpc) is 2.88. The molecular weight excluding hydrogens is 454 g/mol. The number of carbonyl (C=O) groups excluding carboxylic acids is 4. The van der Waals surface area contributed by atoms with Gasteiger partial charge in [-0.25, -0.2) is 0 Å². The van der Waals surface area contributed by atoms with Crippen LogP contribution >= 0.6 is 0 Å². The predicted molar refractivity (Wildman–Crippen MR) is 128 cm³/mol. The van der Waals surface area contributed by atoms with Gasteiger partial charge in [0.25, 0.3) is 5.91 Å². The number of aliphatic hydroxyl groups excluding tert-OH is 1. The van der Waals surface area contributed by atoms with E-state index in [4.69, 9.17) is 4.74 Å². The summed E-state index contributed by atoms with van der Waals surface area (Å²) in [6.07, 6.45) is 0.402. The molecule has 1 aromatic rings. The molecule has 4 amide bonds. The number of nitrogens with one attached hydrogen (secondary N) is 3. The lowest BCUT2D eigenvalue weighted by molar-refractivity contribution is -0.135. The van der Waals surface area contributed by atoms with Crippen molar-refractivity contribution in [1.29, 1.82) is 0 Å². The molecule has 1 aromatic carbocycles. The van der Waals surface area contributed by atoms with Crippen molar-refractivity contribution < 1.29 is 29.0 Å². The molecule has 3 rings (SSSR count). The number of benzene rings is 1. The van der Waals surface area contributed by atoms with Gasteiger partial charge in [-0.1, -0.05) is 19.1 Å². The molecule has 192 valence electrons. The van der Waals surface area contributed by atoms with Gasteiger partial charge in [0.2, 0.25) is 17.7 Å². The van der Waals surface area contributed by atoms with Crippen molar-refractivity contribution in [2.75, 3.05) is 52.5 Å². The first-order valence-corrected chi connectivity index (χ1v) is 12.1. The molecule has 2 aliphatic heterocycles. The van der Waals surface area contributed by atoms with E-state index in [9.17, 15) is 24.3 Å². The highest BCUT2D eigenvalue weighted by Crippen LogP contribution is 2.19. The molecule has 0 spiro atoms. The zero-order valence-electron chi connectivity index (χ0n) is 20.1. The number of hydrogen-bond donors (Lipinski definition) is 4. The molecule has 11 nitrogen and oxygen atoms in total. The molecule has 2 atom stereocenters. The van der Waals surface area contributed by atoms with E-state index in [2.05, 4.69) is 27.8 Å². The number of fused-ring (bicyclic) bond motifs is 1. The average molecular weight is 490 g/mol. The van der Waals surface area contributed by atoms with E-state index in [-0.39, 0.29) is 31.9 Å². The van der Waals surface area contributed by atoms with Crippen LogP contribution in [0.4, 0.5) is 0 Å². The van der Waals surface area contributed by atoms with Crippen LogP contribution in [-0.2, 0) is 14.4 Å². The van der Waals surface area contributed by atoms with Crippen LogP contribution in [0.5, 0.6) is 5.75 Å². The maximum atomic E-state index is 13.4. The molecule has 2 aliphatic rings. The smallest absolute Gasteiger partial charge is 0.255 e. The highest BCUT2D eigenvalue weighted by atomic mass is 16.5. The molecule has 0 aliphatic carbocycles. The molecule has 0 aromatic heterocycles. The lowest BCUT2D eigenvalue weighted by Gasteiger charge is -2.36. The second kappa shape index (κ2) is 13.1. The maximum Gasteiger partial charge on any atom is 0.255 e. The summed E-state index contributed by atoms with van der Waals surface area (Å²) in [6, 6.07) is 4.73. The molecule has 0 bridgehead atoms. The molecule has 0 radical (unpaired) electrons. The second-order valence-electron chi connectivity index (χ2n) is 8.62. The molecule has 1 saturated heterocycles. The Bertz CT molecular complexity index is 902. The number of piperazine rings is 1. The van der Waals surface area contributed by atoms with E-state index in [0.29, 0.717) is 30.8 Å². The monoisotopic (exact) mass is 489 g/mol. The Morgan fingerprint density at radius 2 is 1.86 bits per heavy atom. The topological polar surface area (TPSA) is 140 Å². The van der Waals surface area contributed by atoms with Gasteiger partial charge in [0.05, 0.1) is 18.8 Å². The molecule has 2 heterocycles. The SMILES string of the molecule is CCN1CCN(C(=O)[C@@H]2CCC(=O)N[C@@H](CO)C(=O)NCCCOc3ccccc3C(=O)N2)CC1. The lowest BCUT2D eigenvalue weighted by Crippen LogP contribution is -2.55. The van der Waals surface area contributed by atoms with Gasteiger partial charge in [-0.3, -0.25) is 19.2 Å². The number of nitrogens with zero attached hydrogens (tertiary/aromatic N) is 2. The van der Waals surface area contributed by atoms with E-state index in [1.807, 2.05) is 0 Å². The summed E-state index contributed by atoms with van der Waals surface area (Å²) >= 11 is 0. The first-order valence-electron chi connectivity index (χ1n) is 12.1. The van der Waals surface area contributed by atoms with Crippen molar-refractivity contribution in [2.24, 2.45) is 0 Å². The number of hydrogen-bond acceptors (Lipinski definition) is 7. The van der Waals surface area contributed by atoms with Crippen LogP contribution in [-0.4, -0.2) is 103 Å². The maximum absolute atomic E-state index is 13.4. The van der Waals surface area contributed by atoms with Gasteiger partial charge < -0.3 is 35.6 Å². The Balaban J connectivity index is 1.80. The molecule has 1 fully saturated rings. The summed E-state index contributed by atoms with van der Waals surface area (Å²) in [5.41, 5.74) is 0.294. The van der Waals surface area contributed by atoms with E-state index in [1.54, 1.807) is 29.2 Å². The first-order chi connectivity index (χ1) is 16.9. The van der Waals surface area contributed by atoms with Crippen LogP contribution < -0.4 is 20.7 Å². The number of para-hydroxylation sites is 1. The zero-order chi connectivity index (χ0) is 25.2. The van der Waals surface area contributed by atoms with Crippen molar-refractivity contribution >= 4 is 23.6 Å². The standard InChI is InChI=1S/C24H35N5O6/c1-2-28-11-13-29(14-12-28)24(34)18-8-9-21(31)26-19(16-30)23(33)25-10-5-15-35-20-7-4-3-6-17(20)22(32)27-18/h3-4,6-7,18-19,30H,2,5,8-16H2,1H3,(H,25,33)(H,26,31)(H,27,32)/t18-,19-/m0/s1. The van der Waals surface area contributed by atoms with Crippen LogP contribution in [0.2, 0.25) is 0 Å². The Kier molecular flexibility index (Phi) is 9.86. The number of carbonyl (C=O) groups is 4. The van der Waals surface area contributed by atoms with Crippen molar-refractivity contribution in [1.82, 2.24) is 25.8 Å². The summed E-state index contributed by atoms with van der Waals surface area (Å²) in [4.78, 5) is 55.3. The van der Waals surface area contributed by atoms with Crippen LogP contribution in [0, 0.1) is 0 Å². The molecule has 11 heteroatoms. The molecule has 0 saturated carbocycles. The van der Waals surface area contributed by atoms with E-state index >= 15 is 0 Å². The minimum absolute atomic E-state index is 0.0488. The van der Waals surface area contributed by atoms with Crippen molar-refractivity contribution in [3.63, 3.8) is 0 Å². The fourth-order valence-electron chi connectivity index (χ4n) is 4.10. The molecular formula is C24H35N5O6. The van der Waals surface area contributed by atoms with Gasteiger partial charge in [0.15, 0.2) is 0 Å². The van der Waals surface area contributed by atoms with Crippen molar-refractivity contribution in [3.05, 3.63) is 29.8 Å². The molecule has 4 N–H and O–H groups in total. The Morgan fingerprint density at radius 3 is 2.57 bits per heavy atom. The van der Waals surface area contributed by atoms with Crippen LogP contribution in [0.3, 0.4) is 0 Å². The van der Waals surface area contributed by atoms with Gasteiger partial charge in [-0.2, -0.15) is 0 Å². The normalized spacial score (nSPS) is 23.4. The third-order valence-corrected chi connectivity index (χ3v) is 6.24. The highest BCUT2D eigenvalue weighted by Gasteiger charge is 2.30. The van der Waals surface area contributed by atoms with Gasteiger partial charge in [0, 0.05) is 39.1 Å². The third kappa shape index (κ3) is 7.40. The Hall–Kier alpha value is -3.18. The van der Waals surface area contributed by atoms with Gasteiger partial charge in [0.1, 0.15) is 17.8 Å². The summed E-state index contributed by atoms with van der Waals surface area (Å²) in [5, 5.41) is 17.5. The van der Waals surface area contributed by atoms with Crippen LogP contribution in [0.1, 0.15) is 36.5 Å². The largest absolute Gasteiger partial charge is 0.493 e. The van der Waals surface area contributed by atoms with Gasteiger partial charge >= 0.3 is 0 Å². The quantitative estimate of drug-likeness (QED) is 0.432. The van der Waals surface area contributed by atoms with Gasteiger partial charge in [-0.15, -0.1) is 0 Å². The minimum atomic E-state index is -1.09. The first kappa shape index (κ1) is 26.4. The summed E-state index contributed by atoms with van der Waals surface area (Å²) < 4.78 is 5.77. The van der Waals surface area contributed by atoms with Gasteiger partial charge in [-0.05, 0) is 31.5 Å². The Morgan fingerprint density at radius 1 is 1.11 bits per heavy atom. The van der Waals surface area contributed by atoms with Crippen molar-refractivity contribution in [3.8, 4) is 5.75 Å². The number of aliphatic hydroxyl groups is 1. The molecule has 35 heavy (non-hydrogen) atoms. The van der Waals surface area contributed by atoms with E-state index in [1.165, 1.54) is 0 Å². The number of likely N-dealkylation sites (N-methyl/N-ethyl adjacent to an activating group) is 1. The van der Waals surface area contributed by atoms with Crippen LogP contribution in [0.25, 0.3) is 0 Å². The van der Waals surface area contributed by atoms with Crippen LogP contribution in [0.15, 0.2) is 24.3 Å². The third-order valence-electron chi connectivity index (χ3n) is 6.24. The minimum Gasteiger partial charge on any atom is -0.493 e. The highest BCUT2D eigenvalue weighted by molar-refractivity contribution is 5.99. The molecule has 0 unspecified atom stereocenters. The second-order valence-corrected chi connectivity index (χ2v) is 8.62. The van der Waals surface area contributed by atoms with Crippen molar-refractivity contribution in [2.45, 2.75) is 38.3 Å². The zero-order valence-corrected chi connectivity index (χ0v) is 20.1. The summed E-state index contributed by atoms with van der Waals surface area (Å²) in [7, 11) is 0. The Labute approximate surface area is 205 Å². The van der Waals surface area contributed by atoms with E-state index < -0.39 is 36.4 Å². The number of amides is 4. The fourth-order valence-corrected chi connectivity index (χ4v) is 4.10. The fraction of sp³-hybridized carbons (Fsp3) is 0.583.